The molecule has 44 heavy (non-hydrogen) atoms. The normalized spacial score (nSPS) is 12.5. The molecule has 0 radical (unpaired) electrons. The first-order valence-electron chi connectivity index (χ1n) is 14.8. The Morgan fingerprint density at radius 2 is 1.16 bits per heavy atom. The molecule has 0 fully saturated rings. The maximum absolute atomic E-state index is 6.56. The molecule has 0 aliphatic carbocycles. The lowest BCUT2D eigenvalue weighted by Crippen LogP contribution is -2.18. The third-order valence-electron chi connectivity index (χ3n) is 8.96. The highest BCUT2D eigenvalue weighted by Gasteiger charge is 2.31. The number of benzene rings is 7. The molecule has 4 nitrogen and oxygen atoms in total. The van der Waals surface area contributed by atoms with E-state index in [2.05, 4.69) is 108 Å². The Labute approximate surface area is 252 Å². The van der Waals surface area contributed by atoms with Crippen LogP contribution >= 0.6 is 0 Å². The number of para-hydroxylation sites is 4. The zero-order valence-electron chi connectivity index (χ0n) is 23.5. The minimum Gasteiger partial charge on any atom is -0.455 e. The molecule has 4 heteroatoms. The van der Waals surface area contributed by atoms with E-state index in [9.17, 15) is 0 Å². The van der Waals surface area contributed by atoms with Gasteiger partial charge >= 0.3 is 0 Å². The van der Waals surface area contributed by atoms with E-state index in [0.717, 1.165) is 61.4 Å². The number of hydrogen-bond acceptors (Lipinski definition) is 4. The number of anilines is 3. The standard InChI is InChI=1S/C40H23N3O/c1-2-13-26-24(10-1)22-23-29-28-15-7-11-25-12-8-20-34(36(25)28)43(38(26)29)40-37(41-32-18-4-5-19-33(32)42-40)31-17-9-16-30-27-14-3-6-21-35(27)44-39(30)31/h1-23H. The van der Waals surface area contributed by atoms with Gasteiger partial charge in [-0.3, -0.25) is 4.90 Å². The number of hydrogen-bond donors (Lipinski definition) is 0. The molecular weight excluding hydrogens is 538 g/mol. The van der Waals surface area contributed by atoms with Crippen LogP contribution in [0.2, 0.25) is 0 Å². The minimum absolute atomic E-state index is 0.774. The molecule has 0 atom stereocenters. The van der Waals surface area contributed by atoms with Crippen molar-refractivity contribution in [3.05, 3.63) is 140 Å². The number of rotatable bonds is 2. The smallest absolute Gasteiger partial charge is 0.165 e. The molecule has 7 aromatic carbocycles. The van der Waals surface area contributed by atoms with E-state index in [0.29, 0.717) is 0 Å². The second-order valence-corrected chi connectivity index (χ2v) is 11.4. The fourth-order valence-corrected chi connectivity index (χ4v) is 7.05. The van der Waals surface area contributed by atoms with Crippen LogP contribution in [0.3, 0.4) is 0 Å². The van der Waals surface area contributed by atoms with Crippen molar-refractivity contribution < 1.29 is 4.42 Å². The van der Waals surface area contributed by atoms with Crippen LogP contribution < -0.4 is 4.90 Å². The summed E-state index contributed by atoms with van der Waals surface area (Å²) in [6.45, 7) is 0. The first-order chi connectivity index (χ1) is 21.8. The summed E-state index contributed by atoms with van der Waals surface area (Å²) in [6, 6.07) is 48.8. The predicted molar refractivity (Wildman–Crippen MR) is 181 cm³/mol. The third-order valence-corrected chi connectivity index (χ3v) is 8.96. The van der Waals surface area contributed by atoms with Crippen LogP contribution in [-0.2, 0) is 0 Å². The summed E-state index contributed by atoms with van der Waals surface area (Å²) < 4.78 is 6.56. The highest BCUT2D eigenvalue weighted by molar-refractivity contribution is 6.20. The number of fused-ring (bicyclic) bond motifs is 8. The van der Waals surface area contributed by atoms with Crippen LogP contribution in [-0.4, -0.2) is 9.97 Å². The second kappa shape index (κ2) is 8.76. The van der Waals surface area contributed by atoms with Crippen molar-refractivity contribution in [2.24, 2.45) is 0 Å². The number of nitrogens with zero attached hydrogens (tertiary/aromatic N) is 3. The summed E-state index contributed by atoms with van der Waals surface area (Å²) in [4.78, 5) is 13.1. The lowest BCUT2D eigenvalue weighted by Gasteiger charge is -2.34. The van der Waals surface area contributed by atoms with Crippen molar-refractivity contribution in [2.45, 2.75) is 0 Å². The summed E-state index contributed by atoms with van der Waals surface area (Å²) in [6.07, 6.45) is 0. The Morgan fingerprint density at radius 1 is 0.477 bits per heavy atom. The van der Waals surface area contributed by atoms with Crippen molar-refractivity contribution in [1.82, 2.24) is 9.97 Å². The highest BCUT2D eigenvalue weighted by Crippen LogP contribution is 2.54. The van der Waals surface area contributed by atoms with Crippen LogP contribution in [0, 0.1) is 0 Å². The van der Waals surface area contributed by atoms with Gasteiger partial charge < -0.3 is 4.42 Å². The summed E-state index contributed by atoms with van der Waals surface area (Å²) in [5.74, 6) is 0.774. The lowest BCUT2D eigenvalue weighted by molar-refractivity contribution is 0.670. The SMILES string of the molecule is c1ccc2c3c(ccc2c1)-c1cccc2cccc(c12)N3c1nc2ccccc2nc1-c1cccc2c1oc1ccccc12. The molecule has 204 valence electrons. The van der Waals surface area contributed by atoms with Crippen molar-refractivity contribution in [2.75, 3.05) is 4.90 Å². The first kappa shape index (κ1) is 23.6. The van der Waals surface area contributed by atoms with Gasteiger partial charge in [0.1, 0.15) is 16.9 Å². The molecule has 1 aliphatic rings. The zero-order valence-corrected chi connectivity index (χ0v) is 23.5. The Kier molecular flexibility index (Phi) is 4.69. The lowest BCUT2D eigenvalue weighted by atomic mass is 9.88. The monoisotopic (exact) mass is 561 g/mol. The molecule has 10 rings (SSSR count). The van der Waals surface area contributed by atoms with Gasteiger partial charge in [-0.25, -0.2) is 9.97 Å². The van der Waals surface area contributed by atoms with E-state index in [1.165, 1.54) is 32.7 Å². The Morgan fingerprint density at radius 3 is 2.07 bits per heavy atom. The van der Waals surface area contributed by atoms with Crippen molar-refractivity contribution in [1.29, 1.82) is 0 Å². The van der Waals surface area contributed by atoms with Gasteiger partial charge in [-0.2, -0.15) is 0 Å². The maximum atomic E-state index is 6.56. The summed E-state index contributed by atoms with van der Waals surface area (Å²) >= 11 is 0. The van der Waals surface area contributed by atoms with Crippen LogP contribution in [0.1, 0.15) is 0 Å². The topological polar surface area (TPSA) is 42.2 Å². The molecule has 3 heterocycles. The van der Waals surface area contributed by atoms with Crippen molar-refractivity contribution in [3.8, 4) is 22.4 Å². The molecule has 2 aromatic heterocycles. The van der Waals surface area contributed by atoms with E-state index < -0.39 is 0 Å². The fourth-order valence-electron chi connectivity index (χ4n) is 7.05. The van der Waals surface area contributed by atoms with Crippen LogP contribution in [0.4, 0.5) is 17.2 Å². The molecule has 0 N–H and O–H groups in total. The zero-order chi connectivity index (χ0) is 28.8. The van der Waals surface area contributed by atoms with Crippen LogP contribution in [0.5, 0.6) is 0 Å². The first-order valence-corrected chi connectivity index (χ1v) is 14.8. The Hall–Kier alpha value is -6.00. The van der Waals surface area contributed by atoms with Gasteiger partial charge in [0.05, 0.1) is 22.4 Å². The average molecular weight is 562 g/mol. The molecule has 0 spiro atoms. The minimum atomic E-state index is 0.774. The average Bonchev–Trinajstić information content (AvgIpc) is 3.47. The van der Waals surface area contributed by atoms with E-state index >= 15 is 0 Å². The van der Waals surface area contributed by atoms with Gasteiger partial charge in [0.25, 0.3) is 0 Å². The Balaban J connectivity index is 1.39. The van der Waals surface area contributed by atoms with Gasteiger partial charge in [-0.1, -0.05) is 109 Å². The van der Waals surface area contributed by atoms with Gasteiger partial charge in [0.2, 0.25) is 0 Å². The van der Waals surface area contributed by atoms with Crippen LogP contribution in [0.25, 0.3) is 76.9 Å². The Bertz CT molecular complexity index is 2630. The van der Waals surface area contributed by atoms with Gasteiger partial charge in [-0.05, 0) is 46.7 Å². The summed E-state index contributed by atoms with van der Waals surface area (Å²) in [5, 5.41) is 6.90. The number of furan rings is 1. The maximum Gasteiger partial charge on any atom is 0.165 e. The molecule has 0 saturated carbocycles. The third kappa shape index (κ3) is 3.17. The van der Waals surface area contributed by atoms with E-state index in [1.807, 2.05) is 36.4 Å². The summed E-state index contributed by atoms with van der Waals surface area (Å²) in [7, 11) is 0. The largest absolute Gasteiger partial charge is 0.455 e. The molecule has 9 aromatic rings. The molecule has 0 saturated heterocycles. The van der Waals surface area contributed by atoms with E-state index in [4.69, 9.17) is 14.4 Å². The van der Waals surface area contributed by atoms with Gasteiger partial charge in [0, 0.05) is 32.7 Å². The van der Waals surface area contributed by atoms with Gasteiger partial charge in [0.15, 0.2) is 5.82 Å². The number of aromatic nitrogens is 2. The van der Waals surface area contributed by atoms with Crippen LogP contribution in [0.15, 0.2) is 144 Å². The quantitative estimate of drug-likeness (QED) is 0.211. The fraction of sp³-hybridized carbons (Fsp3) is 0. The summed E-state index contributed by atoms with van der Waals surface area (Å²) in [5.41, 5.74) is 9.65. The molecule has 0 amide bonds. The van der Waals surface area contributed by atoms with Crippen molar-refractivity contribution in [3.63, 3.8) is 0 Å². The second-order valence-electron chi connectivity index (χ2n) is 11.4. The molecule has 0 bridgehead atoms. The van der Waals surface area contributed by atoms with E-state index in [-0.39, 0.29) is 0 Å². The highest BCUT2D eigenvalue weighted by atomic mass is 16.3. The molecular formula is C40H23N3O. The molecule has 0 unspecified atom stereocenters. The van der Waals surface area contributed by atoms with E-state index in [1.54, 1.807) is 0 Å². The predicted octanol–water partition coefficient (Wildman–Crippen LogP) is 11.0. The van der Waals surface area contributed by atoms with Gasteiger partial charge in [-0.15, -0.1) is 0 Å². The molecule has 1 aliphatic heterocycles. The van der Waals surface area contributed by atoms with Crippen molar-refractivity contribution >= 4 is 71.7 Å².